The highest BCUT2D eigenvalue weighted by Gasteiger charge is 2.19. The summed E-state index contributed by atoms with van der Waals surface area (Å²) in [6.45, 7) is 13.7. The molecule has 0 amide bonds. The molecular formula is C50H96O6. The van der Waals surface area contributed by atoms with Gasteiger partial charge in [-0.05, 0) is 37.0 Å². The van der Waals surface area contributed by atoms with Crippen molar-refractivity contribution in [3.8, 4) is 0 Å². The van der Waals surface area contributed by atoms with Gasteiger partial charge in [0.1, 0.15) is 13.2 Å². The van der Waals surface area contributed by atoms with E-state index in [1.165, 1.54) is 148 Å². The number of hydrogen-bond acceptors (Lipinski definition) is 6. The molecule has 0 saturated heterocycles. The van der Waals surface area contributed by atoms with E-state index in [0.717, 1.165) is 75.5 Å². The van der Waals surface area contributed by atoms with Crippen LogP contribution in [0.1, 0.15) is 266 Å². The molecule has 0 aliphatic carbocycles. The van der Waals surface area contributed by atoms with Gasteiger partial charge in [-0.1, -0.05) is 228 Å². The molecule has 0 aromatic rings. The topological polar surface area (TPSA) is 78.9 Å². The minimum atomic E-state index is -0.763. The second kappa shape index (κ2) is 41.6. The molecule has 6 heteroatoms. The molecule has 0 radical (unpaired) electrons. The van der Waals surface area contributed by atoms with E-state index in [2.05, 4.69) is 41.5 Å². The lowest BCUT2D eigenvalue weighted by molar-refractivity contribution is -0.167. The number of esters is 3. The van der Waals surface area contributed by atoms with Crippen LogP contribution >= 0.6 is 0 Å². The summed E-state index contributed by atoms with van der Waals surface area (Å²) < 4.78 is 16.7. The highest BCUT2D eigenvalue weighted by atomic mass is 16.6. The van der Waals surface area contributed by atoms with Crippen molar-refractivity contribution >= 4 is 17.9 Å². The lowest BCUT2D eigenvalue weighted by atomic mass is 9.99. The fraction of sp³-hybridized carbons (Fsp3) is 0.940. The predicted octanol–water partition coefficient (Wildman–Crippen LogP) is 15.6. The Morgan fingerprint density at radius 3 is 0.929 bits per heavy atom. The van der Waals surface area contributed by atoms with Crippen LogP contribution in [0.5, 0.6) is 0 Å². The van der Waals surface area contributed by atoms with Crippen molar-refractivity contribution in [1.29, 1.82) is 0 Å². The van der Waals surface area contributed by atoms with E-state index in [1.807, 2.05) is 0 Å². The first-order chi connectivity index (χ1) is 27.2. The summed E-state index contributed by atoms with van der Waals surface area (Å²) >= 11 is 0. The first-order valence-electron chi connectivity index (χ1n) is 24.7. The third-order valence-corrected chi connectivity index (χ3v) is 11.9. The molecule has 0 aromatic carbocycles. The van der Waals surface area contributed by atoms with Gasteiger partial charge in [-0.25, -0.2) is 0 Å². The Balaban J connectivity index is 4.28. The zero-order chi connectivity index (χ0) is 41.3. The zero-order valence-electron chi connectivity index (χ0n) is 38.4. The van der Waals surface area contributed by atoms with Crippen LogP contribution < -0.4 is 0 Å². The average Bonchev–Trinajstić information content (AvgIpc) is 3.18. The minimum absolute atomic E-state index is 0.0667. The van der Waals surface area contributed by atoms with Crippen LogP contribution in [-0.4, -0.2) is 37.2 Å². The van der Waals surface area contributed by atoms with Crippen molar-refractivity contribution in [1.82, 2.24) is 0 Å². The summed E-state index contributed by atoms with van der Waals surface area (Å²) in [4.78, 5) is 37.8. The molecule has 0 heterocycles. The summed E-state index contributed by atoms with van der Waals surface area (Å²) in [5.41, 5.74) is 0. The van der Waals surface area contributed by atoms with E-state index in [9.17, 15) is 14.4 Å². The van der Waals surface area contributed by atoms with Crippen LogP contribution in [0.15, 0.2) is 0 Å². The summed E-state index contributed by atoms with van der Waals surface area (Å²) in [6.07, 6.45) is 39.5. The van der Waals surface area contributed by atoms with Crippen LogP contribution in [0.25, 0.3) is 0 Å². The van der Waals surface area contributed by atoms with Gasteiger partial charge in [0, 0.05) is 19.3 Å². The molecule has 0 spiro atoms. The van der Waals surface area contributed by atoms with Crippen LogP contribution in [0.2, 0.25) is 0 Å². The fourth-order valence-corrected chi connectivity index (χ4v) is 7.34. The molecule has 0 fully saturated rings. The highest BCUT2D eigenvalue weighted by molar-refractivity contribution is 5.71. The van der Waals surface area contributed by atoms with Crippen LogP contribution in [-0.2, 0) is 28.6 Å². The predicted molar refractivity (Wildman–Crippen MR) is 238 cm³/mol. The van der Waals surface area contributed by atoms with Gasteiger partial charge in [-0.2, -0.15) is 0 Å². The van der Waals surface area contributed by atoms with Gasteiger partial charge in [-0.3, -0.25) is 14.4 Å². The minimum Gasteiger partial charge on any atom is -0.462 e. The smallest absolute Gasteiger partial charge is 0.306 e. The van der Waals surface area contributed by atoms with Crippen molar-refractivity contribution in [3.05, 3.63) is 0 Å². The Kier molecular flexibility index (Phi) is 40.4. The lowest BCUT2D eigenvalue weighted by Gasteiger charge is -2.18. The number of unbranched alkanes of at least 4 members (excludes halogenated alkanes) is 24. The number of rotatable bonds is 43. The van der Waals surface area contributed by atoms with E-state index in [4.69, 9.17) is 14.2 Å². The van der Waals surface area contributed by atoms with Crippen molar-refractivity contribution < 1.29 is 28.6 Å². The van der Waals surface area contributed by atoms with Crippen molar-refractivity contribution in [2.75, 3.05) is 13.2 Å². The second-order valence-electron chi connectivity index (χ2n) is 18.1. The number of hydrogen-bond donors (Lipinski definition) is 0. The number of carbonyl (C=O) groups is 3. The SMILES string of the molecule is CCC(C)CCCCCCCCCCCCCCCCC(=O)O[C@H](COC(=O)CCCCCCCCCC(C)C)COC(=O)CCCCCCCCC(C)CC. The largest absolute Gasteiger partial charge is 0.462 e. The van der Waals surface area contributed by atoms with Crippen LogP contribution in [0, 0.1) is 17.8 Å². The third kappa shape index (κ3) is 40.6. The molecule has 56 heavy (non-hydrogen) atoms. The maximum absolute atomic E-state index is 12.8. The fourth-order valence-electron chi connectivity index (χ4n) is 7.34. The molecule has 6 nitrogen and oxygen atoms in total. The van der Waals surface area contributed by atoms with Crippen molar-refractivity contribution in [3.63, 3.8) is 0 Å². The van der Waals surface area contributed by atoms with Crippen LogP contribution in [0.4, 0.5) is 0 Å². The molecule has 0 aromatic heterocycles. The Morgan fingerprint density at radius 2 is 0.625 bits per heavy atom. The first kappa shape index (κ1) is 54.4. The molecule has 0 saturated carbocycles. The third-order valence-electron chi connectivity index (χ3n) is 11.9. The Labute approximate surface area is 348 Å². The molecule has 0 bridgehead atoms. The van der Waals surface area contributed by atoms with Crippen molar-refractivity contribution in [2.45, 2.75) is 272 Å². The van der Waals surface area contributed by atoms with E-state index < -0.39 is 6.10 Å². The molecule has 332 valence electrons. The summed E-state index contributed by atoms with van der Waals surface area (Å²) in [5.74, 6) is 1.63. The molecule has 3 atom stereocenters. The van der Waals surface area contributed by atoms with Gasteiger partial charge >= 0.3 is 17.9 Å². The van der Waals surface area contributed by atoms with Gasteiger partial charge in [0.25, 0.3) is 0 Å². The van der Waals surface area contributed by atoms with Gasteiger partial charge in [0.15, 0.2) is 6.10 Å². The second-order valence-corrected chi connectivity index (χ2v) is 18.1. The molecule has 0 rings (SSSR count). The maximum Gasteiger partial charge on any atom is 0.306 e. The van der Waals surface area contributed by atoms with Gasteiger partial charge in [-0.15, -0.1) is 0 Å². The molecular weight excluding hydrogens is 697 g/mol. The Hall–Kier alpha value is -1.59. The Morgan fingerprint density at radius 1 is 0.357 bits per heavy atom. The summed E-state index contributed by atoms with van der Waals surface area (Å²) in [7, 11) is 0. The Bertz CT molecular complexity index is 872. The van der Waals surface area contributed by atoms with Crippen molar-refractivity contribution in [2.24, 2.45) is 17.8 Å². The zero-order valence-corrected chi connectivity index (χ0v) is 38.4. The lowest BCUT2D eigenvalue weighted by Crippen LogP contribution is -2.30. The monoisotopic (exact) mass is 793 g/mol. The summed E-state index contributed by atoms with van der Waals surface area (Å²) in [5, 5.41) is 0. The van der Waals surface area contributed by atoms with E-state index in [1.54, 1.807) is 0 Å². The summed E-state index contributed by atoms with van der Waals surface area (Å²) in [6, 6.07) is 0. The van der Waals surface area contributed by atoms with E-state index >= 15 is 0 Å². The van der Waals surface area contributed by atoms with Gasteiger partial charge < -0.3 is 14.2 Å². The average molecular weight is 793 g/mol. The molecule has 0 aliphatic rings. The highest BCUT2D eigenvalue weighted by Crippen LogP contribution is 2.18. The van der Waals surface area contributed by atoms with E-state index in [-0.39, 0.29) is 31.1 Å². The van der Waals surface area contributed by atoms with Gasteiger partial charge in [0.2, 0.25) is 0 Å². The molecule has 2 unspecified atom stereocenters. The normalized spacial score (nSPS) is 13.1. The first-order valence-corrected chi connectivity index (χ1v) is 24.7. The number of carbonyl (C=O) groups excluding carboxylic acids is 3. The number of ether oxygens (including phenoxy) is 3. The quantitative estimate of drug-likeness (QED) is 0.0348. The molecule has 0 N–H and O–H groups in total. The molecule has 0 aliphatic heterocycles. The van der Waals surface area contributed by atoms with Gasteiger partial charge in [0.05, 0.1) is 0 Å². The van der Waals surface area contributed by atoms with Crippen LogP contribution in [0.3, 0.4) is 0 Å². The maximum atomic E-state index is 12.8. The van der Waals surface area contributed by atoms with E-state index in [0.29, 0.717) is 19.3 Å². The standard InChI is InChI=1S/C50H96O6/c1-7-45(5)37-31-25-19-15-13-11-9-10-12-14-16-20-29-35-41-50(53)56-47(42-54-48(51)39-33-27-21-17-18-24-30-36-44(3)4)43-55-49(52)40-34-28-23-22-26-32-38-46(6)8-2/h44-47H,7-43H2,1-6H3/t45?,46?,47-/m1/s1.